The highest BCUT2D eigenvalue weighted by Gasteiger charge is 2.40. The molecule has 3 fully saturated rings. The number of nitrogens with zero attached hydrogens (tertiary/aromatic N) is 1. The van der Waals surface area contributed by atoms with Crippen LogP contribution in [0.4, 0.5) is 0 Å². The molecule has 0 aliphatic carbocycles. The van der Waals surface area contributed by atoms with Gasteiger partial charge in [-0.25, -0.2) is 0 Å². The molecule has 6 heteroatoms. The van der Waals surface area contributed by atoms with Gasteiger partial charge in [0.2, 0.25) is 0 Å². The second-order valence-electron chi connectivity index (χ2n) is 5.56. The molecule has 1 aromatic rings. The van der Waals surface area contributed by atoms with Crippen LogP contribution in [-0.2, 0) is 0 Å². The Labute approximate surface area is 133 Å². The Bertz CT molecular complexity index is 509. The molecule has 2 unspecified atom stereocenters. The van der Waals surface area contributed by atoms with Crippen LogP contribution in [0.25, 0.3) is 0 Å². The summed E-state index contributed by atoms with van der Waals surface area (Å²) in [6.07, 6.45) is 4.39. The van der Waals surface area contributed by atoms with E-state index in [2.05, 4.69) is 17.1 Å². The summed E-state index contributed by atoms with van der Waals surface area (Å²) < 4.78 is 1.01. The second kappa shape index (κ2) is 5.87. The number of carbonyl (C=O) groups is 1. The summed E-state index contributed by atoms with van der Waals surface area (Å²) in [5, 5.41) is 3.93. The van der Waals surface area contributed by atoms with E-state index in [4.69, 9.17) is 11.6 Å². The van der Waals surface area contributed by atoms with Gasteiger partial charge < -0.3 is 5.32 Å². The van der Waals surface area contributed by atoms with Gasteiger partial charge in [-0.2, -0.15) is 0 Å². The Morgan fingerprint density at radius 1 is 1.50 bits per heavy atom. The van der Waals surface area contributed by atoms with E-state index in [1.165, 1.54) is 37.3 Å². The van der Waals surface area contributed by atoms with E-state index in [9.17, 15) is 4.79 Å². The lowest BCUT2D eigenvalue weighted by Crippen LogP contribution is -2.62. The van der Waals surface area contributed by atoms with Crippen LogP contribution in [-0.4, -0.2) is 42.2 Å². The molecule has 4 heterocycles. The molecule has 0 radical (unpaired) electrons. The topological polar surface area (TPSA) is 32.3 Å². The molecule has 110 valence electrons. The van der Waals surface area contributed by atoms with Crippen LogP contribution in [0.1, 0.15) is 29.4 Å². The Kier molecular flexibility index (Phi) is 4.32. The molecular formula is C14H19ClN2OS2. The smallest absolute Gasteiger partial charge is 0.261 e. The number of hydrogen-bond donors (Lipinski definition) is 1. The van der Waals surface area contributed by atoms with E-state index in [0.717, 1.165) is 9.09 Å². The molecule has 3 saturated heterocycles. The summed E-state index contributed by atoms with van der Waals surface area (Å²) in [6.45, 7) is 4.59. The maximum absolute atomic E-state index is 12.4. The van der Waals surface area contributed by atoms with Crippen molar-refractivity contribution in [2.45, 2.75) is 36.1 Å². The highest BCUT2D eigenvalue weighted by Crippen LogP contribution is 2.35. The number of amides is 1. The molecule has 3 nitrogen and oxygen atoms in total. The zero-order valence-electron chi connectivity index (χ0n) is 11.7. The molecule has 3 aliphatic heterocycles. The lowest BCUT2D eigenvalue weighted by Gasteiger charge is -2.49. The zero-order chi connectivity index (χ0) is 14.3. The van der Waals surface area contributed by atoms with E-state index in [1.807, 2.05) is 6.26 Å². The van der Waals surface area contributed by atoms with Gasteiger partial charge in [-0.1, -0.05) is 11.6 Å². The Morgan fingerprint density at radius 2 is 2.20 bits per heavy atom. The number of thioether (sulfide) groups is 1. The van der Waals surface area contributed by atoms with E-state index < -0.39 is 0 Å². The Hall–Kier alpha value is -0.230. The molecule has 2 atom stereocenters. The maximum atomic E-state index is 12.4. The predicted molar refractivity (Wildman–Crippen MR) is 86.1 cm³/mol. The minimum atomic E-state index is 0.0304. The van der Waals surface area contributed by atoms with E-state index >= 15 is 0 Å². The van der Waals surface area contributed by atoms with Crippen LogP contribution in [0.2, 0.25) is 5.02 Å². The van der Waals surface area contributed by atoms with Crippen molar-refractivity contribution in [1.29, 1.82) is 0 Å². The van der Waals surface area contributed by atoms with Gasteiger partial charge in [-0.15, -0.1) is 23.1 Å². The zero-order valence-corrected chi connectivity index (χ0v) is 14.1. The van der Waals surface area contributed by atoms with Crippen LogP contribution < -0.4 is 5.32 Å². The summed E-state index contributed by atoms with van der Waals surface area (Å²) in [7, 11) is 0. The summed E-state index contributed by atoms with van der Waals surface area (Å²) in [6, 6.07) is 2.52. The molecule has 4 rings (SSSR count). The molecular weight excluding hydrogens is 312 g/mol. The number of nitrogens with one attached hydrogen (secondary N) is 1. The van der Waals surface area contributed by atoms with Gasteiger partial charge in [-0.05, 0) is 51.1 Å². The van der Waals surface area contributed by atoms with Crippen molar-refractivity contribution in [1.82, 2.24) is 10.2 Å². The molecule has 1 amide bonds. The highest BCUT2D eigenvalue weighted by molar-refractivity contribution is 8.00. The third-order valence-corrected chi connectivity index (χ3v) is 7.33. The first-order chi connectivity index (χ1) is 9.60. The fourth-order valence-corrected chi connectivity index (χ4v) is 5.43. The second-order valence-corrected chi connectivity index (χ2v) is 8.10. The third kappa shape index (κ3) is 2.61. The van der Waals surface area contributed by atoms with Gasteiger partial charge in [0, 0.05) is 12.1 Å². The van der Waals surface area contributed by atoms with Crippen molar-refractivity contribution in [2.75, 3.05) is 19.3 Å². The molecule has 3 aliphatic rings. The van der Waals surface area contributed by atoms with Crippen LogP contribution in [0.15, 0.2) is 10.3 Å². The maximum Gasteiger partial charge on any atom is 0.261 e. The molecule has 20 heavy (non-hydrogen) atoms. The third-order valence-electron chi connectivity index (χ3n) is 4.54. The number of rotatable bonds is 3. The lowest BCUT2D eigenvalue weighted by molar-refractivity contribution is 0.0218. The van der Waals surface area contributed by atoms with Crippen molar-refractivity contribution < 1.29 is 4.79 Å². The number of carbonyl (C=O) groups excluding carboxylic acids is 1. The molecule has 0 spiro atoms. The van der Waals surface area contributed by atoms with Gasteiger partial charge in [0.05, 0.1) is 14.1 Å². The number of thiophene rings is 1. The fraction of sp³-hybridized carbons (Fsp3) is 0.643. The summed E-state index contributed by atoms with van der Waals surface area (Å²) in [4.78, 5) is 15.6. The SMILES string of the molecule is CSc1sc(C(=O)NC2C3CCN(CC3)C2C)cc1Cl. The summed E-state index contributed by atoms with van der Waals surface area (Å²) in [5.41, 5.74) is 0. The number of halogens is 1. The van der Waals surface area contributed by atoms with Crippen LogP contribution in [0.3, 0.4) is 0 Å². The normalized spacial score (nSPS) is 32.4. The quantitative estimate of drug-likeness (QED) is 0.863. The highest BCUT2D eigenvalue weighted by atomic mass is 35.5. The first kappa shape index (κ1) is 14.7. The fourth-order valence-electron chi connectivity index (χ4n) is 3.37. The number of hydrogen-bond acceptors (Lipinski definition) is 4. The molecule has 1 aromatic heterocycles. The first-order valence-electron chi connectivity index (χ1n) is 6.98. The van der Waals surface area contributed by atoms with Crippen molar-refractivity contribution in [3.63, 3.8) is 0 Å². The minimum Gasteiger partial charge on any atom is -0.347 e. The van der Waals surface area contributed by atoms with Crippen molar-refractivity contribution in [3.8, 4) is 0 Å². The molecule has 1 N–H and O–H groups in total. The van der Waals surface area contributed by atoms with Crippen LogP contribution >= 0.6 is 34.7 Å². The van der Waals surface area contributed by atoms with Gasteiger partial charge in [0.15, 0.2) is 0 Å². The number of piperidine rings is 3. The predicted octanol–water partition coefficient (Wildman–Crippen LogP) is 3.34. The van der Waals surface area contributed by atoms with E-state index in [1.54, 1.807) is 17.8 Å². The van der Waals surface area contributed by atoms with Gasteiger partial charge in [0.25, 0.3) is 5.91 Å². The minimum absolute atomic E-state index is 0.0304. The van der Waals surface area contributed by atoms with E-state index in [-0.39, 0.29) is 11.9 Å². The average molecular weight is 331 g/mol. The van der Waals surface area contributed by atoms with Crippen molar-refractivity contribution in [2.24, 2.45) is 5.92 Å². The molecule has 0 saturated carbocycles. The standard InChI is InChI=1S/C14H19ClN2OS2/c1-8-12(9-3-5-17(8)6-4-9)16-13(18)11-7-10(15)14(19-2)20-11/h7-9,12H,3-6H2,1-2H3,(H,16,18). The van der Waals surface area contributed by atoms with Gasteiger partial charge >= 0.3 is 0 Å². The lowest BCUT2D eigenvalue weighted by atomic mass is 9.79. The van der Waals surface area contributed by atoms with Gasteiger partial charge in [-0.3, -0.25) is 9.69 Å². The van der Waals surface area contributed by atoms with Crippen molar-refractivity contribution >= 4 is 40.6 Å². The average Bonchev–Trinajstić information content (AvgIpc) is 2.84. The Morgan fingerprint density at radius 3 is 2.75 bits per heavy atom. The van der Waals surface area contributed by atoms with E-state index in [0.29, 0.717) is 17.0 Å². The largest absolute Gasteiger partial charge is 0.347 e. The van der Waals surface area contributed by atoms with Crippen molar-refractivity contribution in [3.05, 3.63) is 16.0 Å². The van der Waals surface area contributed by atoms with Gasteiger partial charge in [0.1, 0.15) is 0 Å². The Balaban J connectivity index is 1.72. The summed E-state index contributed by atoms with van der Waals surface area (Å²) >= 11 is 9.20. The number of fused-ring (bicyclic) bond motifs is 3. The van der Waals surface area contributed by atoms with Crippen LogP contribution in [0.5, 0.6) is 0 Å². The molecule has 2 bridgehead atoms. The summed E-state index contributed by atoms with van der Waals surface area (Å²) in [5.74, 6) is 0.664. The monoisotopic (exact) mass is 330 g/mol. The first-order valence-corrected chi connectivity index (χ1v) is 9.40. The van der Waals surface area contributed by atoms with Crippen LogP contribution in [0, 0.1) is 5.92 Å². The molecule has 0 aromatic carbocycles.